The van der Waals surface area contributed by atoms with Gasteiger partial charge in [-0.2, -0.15) is 0 Å². The van der Waals surface area contributed by atoms with Gasteiger partial charge >= 0.3 is 0 Å². The summed E-state index contributed by atoms with van der Waals surface area (Å²) in [7, 11) is 0. The molecule has 0 bridgehead atoms. The predicted molar refractivity (Wildman–Crippen MR) is 75.5 cm³/mol. The summed E-state index contributed by atoms with van der Waals surface area (Å²) in [5.41, 5.74) is 6.06. The number of hydrogen-bond acceptors (Lipinski definition) is 3. The molecule has 0 saturated heterocycles. The number of rotatable bonds is 3. The molecule has 6 heteroatoms. The fourth-order valence-corrected chi connectivity index (χ4v) is 1.83. The summed E-state index contributed by atoms with van der Waals surface area (Å²) in [5, 5.41) is 3.30. The van der Waals surface area contributed by atoms with Gasteiger partial charge < -0.3 is 15.6 Å². The molecule has 1 aromatic carbocycles. The van der Waals surface area contributed by atoms with Crippen LogP contribution in [0.15, 0.2) is 36.9 Å². The van der Waals surface area contributed by atoms with Gasteiger partial charge in [0.15, 0.2) is 0 Å². The zero-order chi connectivity index (χ0) is 14.0. The fourth-order valence-electron chi connectivity index (χ4n) is 1.55. The van der Waals surface area contributed by atoms with E-state index in [9.17, 15) is 4.79 Å². The van der Waals surface area contributed by atoms with Crippen molar-refractivity contribution in [3.8, 4) is 5.69 Å². The number of aromatic nitrogens is 2. The highest BCUT2D eigenvalue weighted by atomic mass is 35.5. The molecule has 0 aliphatic heterocycles. The summed E-state index contributed by atoms with van der Waals surface area (Å²) in [6.45, 7) is 3.29. The lowest BCUT2D eigenvalue weighted by molar-refractivity contribution is -0.120. The summed E-state index contributed by atoms with van der Waals surface area (Å²) in [4.78, 5) is 15.9. The van der Waals surface area contributed by atoms with Gasteiger partial charge in [-0.15, -0.1) is 0 Å². The number of carbonyl (C=O) groups is 1. The lowest BCUT2D eigenvalue weighted by atomic mass is 10.1. The zero-order valence-corrected chi connectivity index (χ0v) is 11.5. The molecule has 5 nitrogen and oxygen atoms in total. The number of hydrogen-bond donors (Lipinski definition) is 2. The van der Waals surface area contributed by atoms with E-state index >= 15 is 0 Å². The summed E-state index contributed by atoms with van der Waals surface area (Å²) in [6.07, 6.45) is 5.01. The van der Waals surface area contributed by atoms with Crippen LogP contribution in [0.3, 0.4) is 0 Å². The molecule has 3 N–H and O–H groups in total. The number of nitrogens with zero attached hydrogens (tertiary/aromatic N) is 2. The molecule has 0 unspecified atom stereocenters. The Morgan fingerprint density at radius 1 is 1.47 bits per heavy atom. The molecule has 0 spiro atoms. The van der Waals surface area contributed by atoms with Gasteiger partial charge in [0.1, 0.15) is 0 Å². The average Bonchev–Trinajstić information content (AvgIpc) is 2.81. The number of halogens is 1. The third-order valence-electron chi connectivity index (χ3n) is 2.58. The highest BCUT2D eigenvalue weighted by Gasteiger charge is 2.23. The molecule has 0 fully saturated rings. The highest BCUT2D eigenvalue weighted by Crippen LogP contribution is 2.28. The van der Waals surface area contributed by atoms with Crippen LogP contribution in [0.2, 0.25) is 5.02 Å². The van der Waals surface area contributed by atoms with Gasteiger partial charge in [0, 0.05) is 12.4 Å². The minimum absolute atomic E-state index is 0.281. The van der Waals surface area contributed by atoms with E-state index in [0.29, 0.717) is 16.4 Å². The first-order valence-electron chi connectivity index (χ1n) is 5.77. The highest BCUT2D eigenvalue weighted by molar-refractivity contribution is 6.33. The van der Waals surface area contributed by atoms with Crippen LogP contribution in [-0.4, -0.2) is 21.0 Å². The number of nitrogens with one attached hydrogen (secondary N) is 1. The van der Waals surface area contributed by atoms with Gasteiger partial charge in [-0.25, -0.2) is 4.98 Å². The minimum Gasteiger partial charge on any atom is -0.323 e. The Kier molecular flexibility index (Phi) is 3.59. The number of amides is 1. The van der Waals surface area contributed by atoms with Gasteiger partial charge in [-0.3, -0.25) is 4.79 Å². The van der Waals surface area contributed by atoms with E-state index in [1.54, 1.807) is 55.3 Å². The van der Waals surface area contributed by atoms with Crippen LogP contribution in [0.4, 0.5) is 5.69 Å². The molecule has 19 heavy (non-hydrogen) atoms. The fraction of sp³-hybridized carbons (Fsp3) is 0.231. The Morgan fingerprint density at radius 3 is 2.79 bits per heavy atom. The van der Waals surface area contributed by atoms with E-state index in [-0.39, 0.29) is 5.91 Å². The SMILES string of the molecule is CC(C)(N)C(=O)Nc1cccc(Cl)c1-n1ccnc1. The molecule has 0 aliphatic carbocycles. The zero-order valence-electron chi connectivity index (χ0n) is 10.7. The number of para-hydroxylation sites is 1. The average molecular weight is 279 g/mol. The Balaban J connectivity index is 2.42. The Hall–Kier alpha value is -1.85. The van der Waals surface area contributed by atoms with Crippen LogP contribution >= 0.6 is 11.6 Å². The maximum absolute atomic E-state index is 12.0. The van der Waals surface area contributed by atoms with E-state index in [4.69, 9.17) is 17.3 Å². The van der Waals surface area contributed by atoms with E-state index in [1.807, 2.05) is 0 Å². The van der Waals surface area contributed by atoms with Crippen LogP contribution in [0, 0.1) is 0 Å². The third-order valence-corrected chi connectivity index (χ3v) is 2.89. The molecular formula is C13H15ClN4O. The summed E-state index contributed by atoms with van der Waals surface area (Å²) in [5.74, 6) is -0.281. The smallest absolute Gasteiger partial charge is 0.243 e. The molecule has 2 aromatic rings. The minimum atomic E-state index is -0.964. The molecule has 1 amide bonds. The van der Waals surface area contributed by atoms with Crippen LogP contribution in [0.5, 0.6) is 0 Å². The molecular weight excluding hydrogens is 264 g/mol. The normalized spacial score (nSPS) is 11.4. The second-order valence-electron chi connectivity index (χ2n) is 4.78. The van der Waals surface area contributed by atoms with Crippen LogP contribution in [-0.2, 0) is 4.79 Å². The second kappa shape index (κ2) is 5.03. The Labute approximate surface area is 116 Å². The van der Waals surface area contributed by atoms with Crippen molar-refractivity contribution in [2.24, 2.45) is 5.73 Å². The maximum atomic E-state index is 12.0. The standard InChI is InChI=1S/C13H15ClN4O/c1-13(2,15)12(19)17-10-5-3-4-9(14)11(10)18-7-6-16-8-18/h3-8H,15H2,1-2H3,(H,17,19). The number of imidazole rings is 1. The van der Waals surface area contributed by atoms with E-state index in [2.05, 4.69) is 10.3 Å². The van der Waals surface area contributed by atoms with Crippen LogP contribution in [0.1, 0.15) is 13.8 Å². The molecule has 0 saturated carbocycles. The van der Waals surface area contributed by atoms with Crippen molar-refractivity contribution in [1.82, 2.24) is 9.55 Å². The summed E-state index contributed by atoms with van der Waals surface area (Å²) >= 11 is 6.19. The number of carbonyl (C=O) groups excluding carboxylic acids is 1. The number of benzene rings is 1. The van der Waals surface area contributed by atoms with Crippen molar-refractivity contribution in [1.29, 1.82) is 0 Å². The third kappa shape index (κ3) is 2.94. The summed E-state index contributed by atoms with van der Waals surface area (Å²) < 4.78 is 1.74. The molecule has 0 aliphatic rings. The lowest BCUT2D eigenvalue weighted by Crippen LogP contribution is -2.45. The first kappa shape index (κ1) is 13.6. The van der Waals surface area contributed by atoms with Crippen LogP contribution in [0.25, 0.3) is 5.69 Å². The molecule has 1 aromatic heterocycles. The largest absolute Gasteiger partial charge is 0.323 e. The van der Waals surface area contributed by atoms with Crippen LogP contribution < -0.4 is 11.1 Å². The van der Waals surface area contributed by atoms with Gasteiger partial charge in [0.25, 0.3) is 0 Å². The lowest BCUT2D eigenvalue weighted by Gasteiger charge is -2.20. The Morgan fingerprint density at radius 2 is 2.21 bits per heavy atom. The second-order valence-corrected chi connectivity index (χ2v) is 5.19. The van der Waals surface area contributed by atoms with E-state index in [1.165, 1.54) is 0 Å². The first-order chi connectivity index (χ1) is 8.89. The molecule has 0 atom stereocenters. The van der Waals surface area contributed by atoms with Crippen molar-refractivity contribution < 1.29 is 4.79 Å². The quantitative estimate of drug-likeness (QED) is 0.904. The van der Waals surface area contributed by atoms with Gasteiger partial charge in [-0.05, 0) is 26.0 Å². The first-order valence-corrected chi connectivity index (χ1v) is 6.14. The molecule has 0 radical (unpaired) electrons. The van der Waals surface area contributed by atoms with Gasteiger partial charge in [-0.1, -0.05) is 17.7 Å². The molecule has 100 valence electrons. The van der Waals surface area contributed by atoms with Gasteiger partial charge in [0.05, 0.1) is 28.3 Å². The van der Waals surface area contributed by atoms with Crippen molar-refractivity contribution >= 4 is 23.2 Å². The van der Waals surface area contributed by atoms with Gasteiger partial charge in [0.2, 0.25) is 5.91 Å². The van der Waals surface area contributed by atoms with E-state index in [0.717, 1.165) is 0 Å². The van der Waals surface area contributed by atoms with Crippen molar-refractivity contribution in [2.75, 3.05) is 5.32 Å². The van der Waals surface area contributed by atoms with Crippen molar-refractivity contribution in [3.05, 3.63) is 41.9 Å². The van der Waals surface area contributed by atoms with E-state index < -0.39 is 5.54 Å². The molecule has 2 rings (SSSR count). The van der Waals surface area contributed by atoms with Crippen molar-refractivity contribution in [2.45, 2.75) is 19.4 Å². The monoisotopic (exact) mass is 278 g/mol. The van der Waals surface area contributed by atoms with Crippen molar-refractivity contribution in [3.63, 3.8) is 0 Å². The maximum Gasteiger partial charge on any atom is 0.243 e. The topological polar surface area (TPSA) is 72.9 Å². The number of anilines is 1. The summed E-state index contributed by atoms with van der Waals surface area (Å²) in [6, 6.07) is 5.28. The predicted octanol–water partition coefficient (Wildman–Crippen LogP) is 2.20. The molecule has 1 heterocycles. The number of nitrogens with two attached hydrogens (primary N) is 1. The Bertz CT molecular complexity index is 587.